The summed E-state index contributed by atoms with van der Waals surface area (Å²) < 4.78 is 22.2. The minimum Gasteiger partial charge on any atom is -0.768 e. The third kappa shape index (κ3) is 5.07. The number of rotatable bonds is 2. The van der Waals surface area contributed by atoms with E-state index in [0.717, 1.165) is 5.56 Å². The lowest BCUT2D eigenvalue weighted by Gasteiger charge is -2.03. The van der Waals surface area contributed by atoms with E-state index >= 15 is 0 Å². The van der Waals surface area contributed by atoms with Gasteiger partial charge in [0.15, 0.2) is 0 Å². The minimum absolute atomic E-state index is 0.339. The Bertz CT molecular complexity index is 485. The van der Waals surface area contributed by atoms with Crippen LogP contribution in [0.25, 0.3) is 0 Å². The van der Waals surface area contributed by atoms with Gasteiger partial charge in [0.2, 0.25) is 12.4 Å². The van der Waals surface area contributed by atoms with Crippen molar-refractivity contribution in [1.29, 1.82) is 0 Å². The molecule has 0 aliphatic rings. The van der Waals surface area contributed by atoms with Crippen molar-refractivity contribution in [1.82, 2.24) is 0 Å². The molecular formula is C13H15NO3S. The van der Waals surface area contributed by atoms with E-state index in [1.54, 1.807) is 36.1 Å². The van der Waals surface area contributed by atoms with Crippen LogP contribution < -0.4 is 9.57 Å². The van der Waals surface area contributed by atoms with Crippen LogP contribution in [0.2, 0.25) is 0 Å². The van der Waals surface area contributed by atoms with Gasteiger partial charge in [0.25, 0.3) is 0 Å². The lowest BCUT2D eigenvalue weighted by atomic mass is 10.2. The van der Waals surface area contributed by atoms with Gasteiger partial charge in [-0.2, -0.15) is 0 Å². The monoisotopic (exact) mass is 265 g/mol. The molecule has 18 heavy (non-hydrogen) atoms. The SMILES string of the molecule is CO[n+]1ccccc1.Cc1ccc(S(=O)[O-])cc1. The van der Waals surface area contributed by atoms with Gasteiger partial charge in [0.1, 0.15) is 7.11 Å². The van der Waals surface area contributed by atoms with Crippen LogP contribution in [0.3, 0.4) is 0 Å². The number of benzene rings is 1. The van der Waals surface area contributed by atoms with E-state index in [0.29, 0.717) is 4.90 Å². The molecule has 0 bridgehead atoms. The second kappa shape index (κ2) is 7.58. The molecule has 1 aromatic heterocycles. The maximum Gasteiger partial charge on any atom is 0.222 e. The summed E-state index contributed by atoms with van der Waals surface area (Å²) in [7, 11) is 1.62. The first-order chi connectivity index (χ1) is 8.63. The van der Waals surface area contributed by atoms with Crippen molar-refractivity contribution in [3.63, 3.8) is 0 Å². The number of aryl methyl sites for hydroxylation is 1. The molecule has 2 rings (SSSR count). The quantitative estimate of drug-likeness (QED) is 0.607. The lowest BCUT2D eigenvalue weighted by Crippen LogP contribution is -2.38. The van der Waals surface area contributed by atoms with E-state index in [-0.39, 0.29) is 0 Å². The van der Waals surface area contributed by atoms with Gasteiger partial charge in [0, 0.05) is 21.8 Å². The van der Waals surface area contributed by atoms with Crippen molar-refractivity contribution < 1.29 is 18.3 Å². The molecule has 1 aromatic carbocycles. The first-order valence-corrected chi connectivity index (χ1v) is 6.37. The Morgan fingerprint density at radius 3 is 2.06 bits per heavy atom. The molecule has 2 aromatic rings. The summed E-state index contributed by atoms with van der Waals surface area (Å²) in [6.07, 6.45) is 3.67. The topological polar surface area (TPSA) is 53.2 Å². The molecule has 0 saturated heterocycles. The predicted molar refractivity (Wildman–Crippen MR) is 67.5 cm³/mol. The molecule has 0 saturated carbocycles. The number of pyridine rings is 1. The van der Waals surface area contributed by atoms with Crippen molar-refractivity contribution in [3.8, 4) is 0 Å². The molecule has 0 radical (unpaired) electrons. The number of hydrogen-bond acceptors (Lipinski definition) is 3. The Morgan fingerprint density at radius 2 is 1.67 bits per heavy atom. The molecule has 5 heteroatoms. The molecule has 1 atom stereocenters. The van der Waals surface area contributed by atoms with E-state index < -0.39 is 11.1 Å². The zero-order valence-corrected chi connectivity index (χ0v) is 11.1. The fourth-order valence-corrected chi connectivity index (χ4v) is 1.51. The summed E-state index contributed by atoms with van der Waals surface area (Å²) >= 11 is -2.09. The Balaban J connectivity index is 0.000000184. The van der Waals surface area contributed by atoms with Crippen molar-refractivity contribution in [2.75, 3.05) is 7.11 Å². The molecule has 0 aliphatic heterocycles. The fourth-order valence-electron chi connectivity index (χ4n) is 1.15. The summed E-state index contributed by atoms with van der Waals surface area (Å²) in [5.41, 5.74) is 1.06. The van der Waals surface area contributed by atoms with Gasteiger partial charge in [-0.3, -0.25) is 9.05 Å². The van der Waals surface area contributed by atoms with Crippen LogP contribution >= 0.6 is 0 Å². The molecule has 1 unspecified atom stereocenters. The molecule has 0 fully saturated rings. The zero-order chi connectivity index (χ0) is 13.4. The molecule has 0 spiro atoms. The summed E-state index contributed by atoms with van der Waals surface area (Å²) in [5, 5.41) is 0. The molecule has 4 nitrogen and oxygen atoms in total. The molecule has 1 heterocycles. The van der Waals surface area contributed by atoms with Gasteiger partial charge < -0.3 is 4.55 Å². The van der Waals surface area contributed by atoms with Crippen LogP contribution in [-0.2, 0) is 11.1 Å². The fraction of sp³-hybridized carbons (Fsp3) is 0.154. The zero-order valence-electron chi connectivity index (χ0n) is 10.3. The average Bonchev–Trinajstić information content (AvgIpc) is 2.41. The second-order valence-electron chi connectivity index (χ2n) is 3.47. The lowest BCUT2D eigenvalue weighted by molar-refractivity contribution is -0.885. The van der Waals surface area contributed by atoms with E-state index in [1.165, 1.54) is 0 Å². The Hall–Kier alpha value is -1.72. The maximum absolute atomic E-state index is 10.3. The van der Waals surface area contributed by atoms with E-state index in [2.05, 4.69) is 0 Å². The highest BCUT2D eigenvalue weighted by Gasteiger charge is 1.89. The molecule has 96 valence electrons. The summed E-state index contributed by atoms with van der Waals surface area (Å²) in [5.74, 6) is 0. The Morgan fingerprint density at radius 1 is 1.11 bits per heavy atom. The second-order valence-corrected chi connectivity index (χ2v) is 4.41. The highest BCUT2D eigenvalue weighted by molar-refractivity contribution is 7.79. The number of nitrogens with zero attached hydrogens (tertiary/aromatic N) is 1. The van der Waals surface area contributed by atoms with Crippen LogP contribution in [0, 0.1) is 6.92 Å². The first kappa shape index (κ1) is 14.3. The normalized spacial score (nSPS) is 11.1. The van der Waals surface area contributed by atoms with Gasteiger partial charge in [-0.15, -0.1) is 0 Å². The Labute approximate surface area is 109 Å². The largest absolute Gasteiger partial charge is 0.768 e. The molecule has 0 N–H and O–H groups in total. The van der Waals surface area contributed by atoms with Crippen LogP contribution in [-0.4, -0.2) is 15.9 Å². The number of aromatic nitrogens is 1. The third-order valence-corrected chi connectivity index (χ3v) is 2.77. The van der Waals surface area contributed by atoms with Gasteiger partial charge in [0.05, 0.1) is 0 Å². The Kier molecular flexibility index (Phi) is 6.04. The minimum atomic E-state index is -2.09. The summed E-state index contributed by atoms with van der Waals surface area (Å²) in [6.45, 7) is 1.91. The van der Waals surface area contributed by atoms with Crippen molar-refractivity contribution in [2.24, 2.45) is 0 Å². The molecule has 0 amide bonds. The van der Waals surface area contributed by atoms with Crippen LogP contribution in [0.4, 0.5) is 0 Å². The van der Waals surface area contributed by atoms with Crippen molar-refractivity contribution in [2.45, 2.75) is 11.8 Å². The average molecular weight is 265 g/mol. The van der Waals surface area contributed by atoms with Crippen LogP contribution in [0.5, 0.6) is 0 Å². The van der Waals surface area contributed by atoms with Crippen molar-refractivity contribution in [3.05, 3.63) is 60.4 Å². The van der Waals surface area contributed by atoms with Crippen LogP contribution in [0.1, 0.15) is 5.56 Å². The molecule has 0 aliphatic carbocycles. The highest BCUT2D eigenvalue weighted by atomic mass is 32.2. The van der Waals surface area contributed by atoms with Gasteiger partial charge in [-0.25, -0.2) is 0 Å². The van der Waals surface area contributed by atoms with E-state index in [4.69, 9.17) is 4.84 Å². The van der Waals surface area contributed by atoms with Gasteiger partial charge >= 0.3 is 0 Å². The van der Waals surface area contributed by atoms with E-state index in [9.17, 15) is 8.76 Å². The summed E-state index contributed by atoms with van der Waals surface area (Å²) in [6, 6.07) is 12.5. The third-order valence-electron chi connectivity index (χ3n) is 2.11. The van der Waals surface area contributed by atoms with Crippen LogP contribution in [0.15, 0.2) is 59.8 Å². The maximum atomic E-state index is 10.3. The van der Waals surface area contributed by atoms with Gasteiger partial charge in [-0.05, 0) is 30.1 Å². The number of hydrogen-bond donors (Lipinski definition) is 0. The van der Waals surface area contributed by atoms with Gasteiger partial charge in [-0.1, -0.05) is 23.8 Å². The highest BCUT2D eigenvalue weighted by Crippen LogP contribution is 2.05. The predicted octanol–water partition coefficient (Wildman–Crippen LogP) is 1.27. The first-order valence-electron chi connectivity index (χ1n) is 5.30. The summed E-state index contributed by atoms with van der Waals surface area (Å²) in [4.78, 5) is 5.17. The molecular weight excluding hydrogens is 250 g/mol. The standard InChI is InChI=1S/C7H8O2S.C6H8NO/c1-6-2-4-7(5-3-6)10(8)9;1-8-7-5-3-2-4-6-7/h2-5H,1H3,(H,8,9);2-6H,1H3/q;+1/p-1. The van der Waals surface area contributed by atoms with Crippen molar-refractivity contribution >= 4 is 11.1 Å². The van der Waals surface area contributed by atoms with E-state index in [1.807, 2.05) is 37.5 Å². The smallest absolute Gasteiger partial charge is 0.222 e.